The minimum Gasteiger partial charge on any atom is -0.394 e. The van der Waals surface area contributed by atoms with Crippen LogP contribution in [0.4, 0.5) is 0 Å². The van der Waals surface area contributed by atoms with E-state index in [2.05, 4.69) is 67.8 Å². The lowest BCUT2D eigenvalue weighted by Gasteiger charge is -2.40. The summed E-state index contributed by atoms with van der Waals surface area (Å²) in [5.41, 5.74) is 0. The van der Waals surface area contributed by atoms with Crippen LogP contribution >= 0.6 is 0 Å². The lowest BCUT2D eigenvalue weighted by Crippen LogP contribution is -2.60. The number of carbonyl (C=O) groups excluding carboxylic acids is 1. The standard InChI is InChI=1S/C51H91NO8/c1-3-5-7-9-11-13-15-17-18-19-20-21-22-23-24-25-26-27-28-29-31-33-35-37-39-41-47(55)52-44(43-59-51-50(58)49(57)48(56)46(42-53)60-51)45(54)40-38-36-34-32-30-16-14-12-10-8-6-4-2/h10,12,20-21,23-24,30,32,38,40,44-46,48-51,53-54,56-58H,3-9,11,13-19,22,25-29,31,33-37,39,41-43H2,1-2H3,(H,52,55)/b12-10+,21-20-,24-23-,32-30+,40-38+. The van der Waals surface area contributed by atoms with Gasteiger partial charge in [0, 0.05) is 6.42 Å². The smallest absolute Gasteiger partial charge is 0.220 e. The molecule has 7 atom stereocenters. The number of unbranched alkanes of at least 4 members (excludes halogenated alkanes) is 22. The summed E-state index contributed by atoms with van der Waals surface area (Å²) < 4.78 is 11.2. The number of ether oxygens (including phenoxy) is 2. The molecule has 1 saturated heterocycles. The third kappa shape index (κ3) is 30.8. The monoisotopic (exact) mass is 846 g/mol. The molecule has 348 valence electrons. The summed E-state index contributed by atoms with van der Waals surface area (Å²) in [5, 5.41) is 54.1. The van der Waals surface area contributed by atoms with Crippen molar-refractivity contribution in [3.63, 3.8) is 0 Å². The molecule has 1 fully saturated rings. The molecule has 6 N–H and O–H groups in total. The number of rotatable bonds is 40. The first-order valence-electron chi connectivity index (χ1n) is 24.5. The molecule has 0 aliphatic carbocycles. The molecule has 0 spiro atoms. The van der Waals surface area contributed by atoms with Crippen LogP contribution in [-0.2, 0) is 14.3 Å². The van der Waals surface area contributed by atoms with Crippen molar-refractivity contribution in [3.05, 3.63) is 60.8 Å². The number of hydrogen-bond donors (Lipinski definition) is 6. The first-order chi connectivity index (χ1) is 29.3. The molecular formula is C51H91NO8. The number of amides is 1. The molecule has 1 aliphatic rings. The Morgan fingerprint density at radius 1 is 0.567 bits per heavy atom. The van der Waals surface area contributed by atoms with Crippen LogP contribution in [0.2, 0.25) is 0 Å². The van der Waals surface area contributed by atoms with E-state index in [1.54, 1.807) is 6.08 Å². The van der Waals surface area contributed by atoms with Gasteiger partial charge in [0.2, 0.25) is 5.91 Å². The van der Waals surface area contributed by atoms with E-state index in [9.17, 15) is 30.3 Å². The van der Waals surface area contributed by atoms with Gasteiger partial charge in [0.25, 0.3) is 0 Å². The molecule has 0 aromatic rings. The number of aliphatic hydroxyl groups is 5. The average molecular weight is 846 g/mol. The van der Waals surface area contributed by atoms with Gasteiger partial charge < -0.3 is 40.3 Å². The highest BCUT2D eigenvalue weighted by Gasteiger charge is 2.44. The van der Waals surface area contributed by atoms with E-state index in [0.29, 0.717) is 6.42 Å². The number of allylic oxidation sites excluding steroid dienone is 9. The van der Waals surface area contributed by atoms with Gasteiger partial charge in [-0.15, -0.1) is 0 Å². The minimum atomic E-state index is -1.58. The maximum atomic E-state index is 13.0. The third-order valence-electron chi connectivity index (χ3n) is 11.3. The molecule has 9 nitrogen and oxygen atoms in total. The van der Waals surface area contributed by atoms with Gasteiger partial charge in [0.05, 0.1) is 25.4 Å². The second kappa shape index (κ2) is 40.9. The van der Waals surface area contributed by atoms with Crippen LogP contribution in [-0.4, -0.2) is 87.5 Å². The summed E-state index contributed by atoms with van der Waals surface area (Å²) in [6.45, 7) is 3.69. The summed E-state index contributed by atoms with van der Waals surface area (Å²) in [6.07, 6.45) is 47.1. The van der Waals surface area contributed by atoms with Gasteiger partial charge >= 0.3 is 0 Å². The van der Waals surface area contributed by atoms with E-state index in [-0.39, 0.29) is 12.5 Å². The van der Waals surface area contributed by atoms with Crippen LogP contribution in [0.5, 0.6) is 0 Å². The number of nitrogens with one attached hydrogen (secondary N) is 1. The van der Waals surface area contributed by atoms with E-state index >= 15 is 0 Å². The predicted octanol–water partition coefficient (Wildman–Crippen LogP) is 10.8. The molecule has 1 rings (SSSR count). The van der Waals surface area contributed by atoms with E-state index in [4.69, 9.17) is 9.47 Å². The van der Waals surface area contributed by atoms with Crippen molar-refractivity contribution in [2.45, 2.75) is 243 Å². The lowest BCUT2D eigenvalue weighted by atomic mass is 9.99. The van der Waals surface area contributed by atoms with Crippen LogP contribution in [0.25, 0.3) is 0 Å². The van der Waals surface area contributed by atoms with Crippen molar-refractivity contribution in [1.29, 1.82) is 0 Å². The summed E-state index contributed by atoms with van der Waals surface area (Å²) in [6, 6.07) is -0.831. The van der Waals surface area contributed by atoms with Crippen LogP contribution < -0.4 is 5.32 Å². The van der Waals surface area contributed by atoms with Gasteiger partial charge in [-0.3, -0.25) is 4.79 Å². The van der Waals surface area contributed by atoms with Crippen molar-refractivity contribution in [2.24, 2.45) is 0 Å². The van der Waals surface area contributed by atoms with Crippen LogP contribution in [0, 0.1) is 0 Å². The minimum absolute atomic E-state index is 0.198. The van der Waals surface area contributed by atoms with Gasteiger partial charge in [-0.25, -0.2) is 0 Å². The molecular weight excluding hydrogens is 755 g/mol. The SMILES string of the molecule is CCCC/C=C/CC/C=C/CC/C=C/C(O)C(COC1OC(CO)C(O)C(O)C1O)NC(=O)CCCCCCCCCCC/C=C\C/C=C\CCCCCCCCCCC. The van der Waals surface area contributed by atoms with E-state index in [0.717, 1.165) is 70.6 Å². The van der Waals surface area contributed by atoms with Gasteiger partial charge in [-0.1, -0.05) is 184 Å². The Bertz CT molecular complexity index is 1120. The van der Waals surface area contributed by atoms with Crippen LogP contribution in [0.15, 0.2) is 60.8 Å². The Morgan fingerprint density at radius 3 is 1.55 bits per heavy atom. The lowest BCUT2D eigenvalue weighted by molar-refractivity contribution is -0.302. The highest BCUT2D eigenvalue weighted by atomic mass is 16.7. The molecule has 7 unspecified atom stereocenters. The zero-order valence-corrected chi connectivity index (χ0v) is 38.2. The Kier molecular flexibility index (Phi) is 38.1. The molecule has 0 radical (unpaired) electrons. The molecule has 0 bridgehead atoms. The molecule has 1 heterocycles. The van der Waals surface area contributed by atoms with Crippen molar-refractivity contribution in [2.75, 3.05) is 13.2 Å². The Morgan fingerprint density at radius 2 is 1.02 bits per heavy atom. The maximum absolute atomic E-state index is 13.0. The van der Waals surface area contributed by atoms with Gasteiger partial charge in [0.15, 0.2) is 6.29 Å². The Labute approximate surface area is 366 Å². The van der Waals surface area contributed by atoms with Crippen molar-refractivity contribution >= 4 is 5.91 Å². The fourth-order valence-corrected chi connectivity index (χ4v) is 7.32. The van der Waals surface area contributed by atoms with E-state index in [1.807, 2.05) is 6.08 Å². The molecule has 1 aliphatic heterocycles. The van der Waals surface area contributed by atoms with Gasteiger partial charge in [0.1, 0.15) is 24.4 Å². The first kappa shape index (κ1) is 55.9. The van der Waals surface area contributed by atoms with Gasteiger partial charge in [-0.2, -0.15) is 0 Å². The highest BCUT2D eigenvalue weighted by molar-refractivity contribution is 5.76. The van der Waals surface area contributed by atoms with Crippen molar-refractivity contribution < 1.29 is 39.8 Å². The van der Waals surface area contributed by atoms with Crippen molar-refractivity contribution in [3.8, 4) is 0 Å². The molecule has 9 heteroatoms. The van der Waals surface area contributed by atoms with Crippen molar-refractivity contribution in [1.82, 2.24) is 5.32 Å². The second-order valence-electron chi connectivity index (χ2n) is 16.9. The summed E-state index contributed by atoms with van der Waals surface area (Å²) in [5.74, 6) is -0.198. The number of hydrogen-bond acceptors (Lipinski definition) is 8. The quantitative estimate of drug-likeness (QED) is 0.0264. The molecule has 0 aromatic heterocycles. The summed E-state index contributed by atoms with van der Waals surface area (Å²) in [4.78, 5) is 13.0. The Hall–Kier alpha value is -2.11. The predicted molar refractivity (Wildman–Crippen MR) is 249 cm³/mol. The molecule has 0 aromatic carbocycles. The summed E-state index contributed by atoms with van der Waals surface area (Å²) in [7, 11) is 0. The molecule has 1 amide bonds. The van der Waals surface area contributed by atoms with Crippen LogP contribution in [0.1, 0.15) is 200 Å². The fourth-order valence-electron chi connectivity index (χ4n) is 7.32. The third-order valence-corrected chi connectivity index (χ3v) is 11.3. The summed E-state index contributed by atoms with van der Waals surface area (Å²) >= 11 is 0. The van der Waals surface area contributed by atoms with Gasteiger partial charge in [-0.05, 0) is 70.6 Å². The number of aliphatic hydroxyl groups excluding tert-OH is 5. The molecule has 60 heavy (non-hydrogen) atoms. The Balaban J connectivity index is 2.27. The second-order valence-corrected chi connectivity index (χ2v) is 16.9. The fraction of sp³-hybridized carbons (Fsp3) is 0.784. The highest BCUT2D eigenvalue weighted by Crippen LogP contribution is 2.22. The topological polar surface area (TPSA) is 149 Å². The van der Waals surface area contributed by atoms with Crippen LogP contribution in [0.3, 0.4) is 0 Å². The van der Waals surface area contributed by atoms with E-state index in [1.165, 1.54) is 109 Å². The zero-order valence-electron chi connectivity index (χ0n) is 38.2. The average Bonchev–Trinajstić information content (AvgIpc) is 3.25. The van der Waals surface area contributed by atoms with E-state index < -0.39 is 49.5 Å². The number of carbonyl (C=O) groups is 1. The zero-order chi connectivity index (χ0) is 43.7. The first-order valence-corrected chi connectivity index (χ1v) is 24.5. The largest absolute Gasteiger partial charge is 0.394 e. The molecule has 0 saturated carbocycles. The normalized spacial score (nSPS) is 21.1. The maximum Gasteiger partial charge on any atom is 0.220 e.